The highest BCUT2D eigenvalue weighted by Gasteiger charge is 2.78. The lowest BCUT2D eigenvalue weighted by molar-refractivity contribution is -0.149. The van der Waals surface area contributed by atoms with Crippen molar-refractivity contribution in [1.29, 1.82) is 0 Å². The number of aliphatic hydroxyl groups is 1. The Bertz CT molecular complexity index is 1050. The summed E-state index contributed by atoms with van der Waals surface area (Å²) in [6.45, 7) is 9.56. The molecule has 1 aromatic rings. The maximum Gasteiger partial charge on any atom is 0.253 e. The first-order valence-corrected chi connectivity index (χ1v) is 12.2. The van der Waals surface area contributed by atoms with E-state index in [0.717, 1.165) is 0 Å². The highest BCUT2D eigenvalue weighted by molar-refractivity contribution is 6.30. The Kier molecular flexibility index (Phi) is 6.83. The second kappa shape index (κ2) is 9.41. The van der Waals surface area contributed by atoms with Crippen LogP contribution in [-0.4, -0.2) is 83.2 Å². The van der Waals surface area contributed by atoms with Gasteiger partial charge in [0.05, 0.1) is 24.0 Å². The molecular formula is C26H32ClN3O5. The summed E-state index contributed by atoms with van der Waals surface area (Å²) < 4.78 is 6.59. The SMILES string of the molecule is C=CCN(C)C(=O)[C@@H]1[C@H]2C(=O)N(CCO)C(C(=O)N(CC=C)c3ccc(Cl)cc3)C23CC[C@@]1(C)O3. The number of β-amino-alcohol motifs (C(OH)–C–C–N with tert-alkyl or cyclic N) is 1. The normalized spacial score (nSPS) is 30.8. The molecule has 3 fully saturated rings. The molecule has 35 heavy (non-hydrogen) atoms. The van der Waals surface area contributed by atoms with Gasteiger partial charge in [-0.2, -0.15) is 0 Å². The van der Waals surface area contributed by atoms with Crippen molar-refractivity contribution in [3.63, 3.8) is 0 Å². The Hall–Kier alpha value is -2.68. The number of amides is 3. The van der Waals surface area contributed by atoms with Crippen LogP contribution in [-0.2, 0) is 19.1 Å². The second-order valence-corrected chi connectivity index (χ2v) is 10.1. The van der Waals surface area contributed by atoms with Crippen molar-refractivity contribution in [3.05, 3.63) is 54.6 Å². The summed E-state index contributed by atoms with van der Waals surface area (Å²) in [6.07, 6.45) is 4.26. The summed E-state index contributed by atoms with van der Waals surface area (Å²) in [5.74, 6) is -2.41. The summed E-state index contributed by atoms with van der Waals surface area (Å²) in [4.78, 5) is 46.0. The first kappa shape index (κ1) is 25.4. The minimum Gasteiger partial charge on any atom is -0.395 e. The smallest absolute Gasteiger partial charge is 0.253 e. The van der Waals surface area contributed by atoms with Crippen LogP contribution in [0.4, 0.5) is 5.69 Å². The molecule has 0 radical (unpaired) electrons. The number of rotatable bonds is 9. The van der Waals surface area contributed by atoms with Crippen LogP contribution in [0.15, 0.2) is 49.6 Å². The zero-order valence-corrected chi connectivity index (χ0v) is 20.9. The van der Waals surface area contributed by atoms with Crippen molar-refractivity contribution < 1.29 is 24.2 Å². The molecule has 9 heteroatoms. The van der Waals surface area contributed by atoms with Crippen LogP contribution < -0.4 is 4.90 Å². The molecule has 3 aliphatic heterocycles. The van der Waals surface area contributed by atoms with Gasteiger partial charge in [-0.25, -0.2) is 0 Å². The minimum atomic E-state index is -1.15. The third kappa shape index (κ3) is 3.88. The van der Waals surface area contributed by atoms with Crippen molar-refractivity contribution in [2.45, 2.75) is 37.0 Å². The van der Waals surface area contributed by atoms with E-state index in [4.69, 9.17) is 16.3 Å². The Morgan fingerprint density at radius 2 is 1.86 bits per heavy atom. The molecule has 3 heterocycles. The average molecular weight is 502 g/mol. The van der Waals surface area contributed by atoms with Crippen LogP contribution in [0, 0.1) is 11.8 Å². The van der Waals surface area contributed by atoms with E-state index in [1.807, 2.05) is 6.92 Å². The molecule has 4 rings (SSSR count). The summed E-state index contributed by atoms with van der Waals surface area (Å²) in [5.41, 5.74) is -1.41. The monoisotopic (exact) mass is 501 g/mol. The average Bonchev–Trinajstić information content (AvgIpc) is 3.39. The fraction of sp³-hybridized carbons (Fsp3) is 0.500. The quantitative estimate of drug-likeness (QED) is 0.524. The van der Waals surface area contributed by atoms with E-state index in [1.54, 1.807) is 48.4 Å². The van der Waals surface area contributed by atoms with Gasteiger partial charge in [0.2, 0.25) is 11.8 Å². The number of carbonyl (C=O) groups excluding carboxylic acids is 3. The van der Waals surface area contributed by atoms with E-state index in [-0.39, 0.29) is 37.4 Å². The molecule has 1 aromatic carbocycles. The van der Waals surface area contributed by atoms with Crippen molar-refractivity contribution in [1.82, 2.24) is 9.80 Å². The molecule has 0 saturated carbocycles. The number of ether oxygens (including phenoxy) is 1. The van der Waals surface area contributed by atoms with E-state index in [9.17, 15) is 19.5 Å². The lowest BCUT2D eigenvalue weighted by Crippen LogP contribution is -2.57. The predicted molar refractivity (Wildman–Crippen MR) is 133 cm³/mol. The number of likely N-dealkylation sites (tertiary alicyclic amines) is 1. The van der Waals surface area contributed by atoms with E-state index in [0.29, 0.717) is 30.1 Å². The first-order valence-electron chi connectivity index (χ1n) is 11.8. The number of benzene rings is 1. The van der Waals surface area contributed by atoms with Gasteiger partial charge in [0.1, 0.15) is 11.6 Å². The standard InChI is InChI=1S/C26H32ClN3O5/c1-5-13-28(4)22(32)19-20-23(33)30(15-16-31)21(26(20)12-11-25(19,3)35-26)24(34)29(14-6-2)18-9-7-17(27)8-10-18/h5-10,19-21,31H,1-2,11-16H2,3-4H3/t19-,20-,21?,25+,26?/m0/s1. The molecule has 8 nitrogen and oxygen atoms in total. The largest absolute Gasteiger partial charge is 0.395 e. The second-order valence-electron chi connectivity index (χ2n) is 9.70. The zero-order valence-electron chi connectivity index (χ0n) is 20.2. The Morgan fingerprint density at radius 1 is 1.20 bits per heavy atom. The van der Waals surface area contributed by atoms with Crippen LogP contribution in [0.3, 0.4) is 0 Å². The van der Waals surface area contributed by atoms with Gasteiger partial charge in [0.25, 0.3) is 5.91 Å². The van der Waals surface area contributed by atoms with Crippen molar-refractivity contribution in [3.8, 4) is 0 Å². The fourth-order valence-corrected chi connectivity index (χ4v) is 6.30. The van der Waals surface area contributed by atoms with Gasteiger partial charge in [0.15, 0.2) is 0 Å². The number of likely N-dealkylation sites (N-methyl/N-ethyl adjacent to an activating group) is 1. The third-order valence-electron chi connectivity index (χ3n) is 7.61. The van der Waals surface area contributed by atoms with Gasteiger partial charge in [-0.05, 0) is 44.0 Å². The lowest BCUT2D eigenvalue weighted by Gasteiger charge is -2.36. The topological polar surface area (TPSA) is 90.4 Å². The molecule has 188 valence electrons. The molecule has 0 aromatic heterocycles. The summed E-state index contributed by atoms with van der Waals surface area (Å²) in [5, 5.41) is 10.3. The molecule has 3 amide bonds. The molecule has 3 aliphatic rings. The van der Waals surface area contributed by atoms with Crippen molar-refractivity contribution >= 4 is 35.0 Å². The van der Waals surface area contributed by atoms with Crippen molar-refractivity contribution in [2.75, 3.05) is 38.2 Å². The predicted octanol–water partition coefficient (Wildman–Crippen LogP) is 2.26. The molecular weight excluding hydrogens is 470 g/mol. The van der Waals surface area contributed by atoms with Crippen LogP contribution in [0.2, 0.25) is 5.02 Å². The molecule has 2 unspecified atom stereocenters. The third-order valence-corrected chi connectivity index (χ3v) is 7.86. The van der Waals surface area contributed by atoms with Gasteiger partial charge >= 0.3 is 0 Å². The highest BCUT2D eigenvalue weighted by atomic mass is 35.5. The maximum atomic E-state index is 14.2. The van der Waals surface area contributed by atoms with E-state index in [2.05, 4.69) is 13.2 Å². The number of hydrogen-bond donors (Lipinski definition) is 1. The van der Waals surface area contributed by atoms with Gasteiger partial charge < -0.3 is 24.5 Å². The number of halogens is 1. The minimum absolute atomic E-state index is 0.0283. The number of aliphatic hydroxyl groups excluding tert-OH is 1. The Labute approximate surface area is 210 Å². The number of carbonyl (C=O) groups is 3. The summed E-state index contributed by atoms with van der Waals surface area (Å²) >= 11 is 6.05. The van der Waals surface area contributed by atoms with Crippen LogP contribution in [0.25, 0.3) is 0 Å². The van der Waals surface area contributed by atoms with E-state index < -0.39 is 29.1 Å². The number of hydrogen-bond acceptors (Lipinski definition) is 5. The van der Waals surface area contributed by atoms with Crippen LogP contribution in [0.1, 0.15) is 19.8 Å². The zero-order chi connectivity index (χ0) is 25.5. The summed E-state index contributed by atoms with van der Waals surface area (Å²) in [7, 11) is 1.67. The first-order chi connectivity index (χ1) is 16.6. The lowest BCUT2D eigenvalue weighted by atomic mass is 9.66. The molecule has 0 aliphatic carbocycles. The van der Waals surface area contributed by atoms with Crippen LogP contribution >= 0.6 is 11.6 Å². The Morgan fingerprint density at radius 3 is 2.46 bits per heavy atom. The van der Waals surface area contributed by atoms with Gasteiger partial charge in [0, 0.05) is 37.4 Å². The molecule has 1 spiro atoms. The number of nitrogens with zero attached hydrogens (tertiary/aromatic N) is 3. The van der Waals surface area contributed by atoms with Crippen molar-refractivity contribution in [2.24, 2.45) is 11.8 Å². The number of anilines is 1. The Balaban J connectivity index is 1.78. The number of fused-ring (bicyclic) bond motifs is 1. The molecule has 5 atom stereocenters. The molecule has 2 bridgehead atoms. The molecule has 1 N–H and O–H groups in total. The van der Waals surface area contributed by atoms with Gasteiger partial charge in [-0.3, -0.25) is 14.4 Å². The summed E-state index contributed by atoms with van der Waals surface area (Å²) in [6, 6.07) is 5.87. The van der Waals surface area contributed by atoms with E-state index >= 15 is 0 Å². The fourth-order valence-electron chi connectivity index (χ4n) is 6.17. The van der Waals surface area contributed by atoms with Crippen LogP contribution in [0.5, 0.6) is 0 Å². The maximum absolute atomic E-state index is 14.2. The highest BCUT2D eigenvalue weighted by Crippen LogP contribution is 2.63. The molecule has 3 saturated heterocycles. The van der Waals surface area contributed by atoms with Gasteiger partial charge in [-0.15, -0.1) is 13.2 Å². The van der Waals surface area contributed by atoms with Gasteiger partial charge in [-0.1, -0.05) is 23.8 Å². The van der Waals surface area contributed by atoms with E-state index in [1.165, 1.54) is 9.80 Å².